The number of carbonyl (C=O) groups excluding carboxylic acids is 2. The highest BCUT2D eigenvalue weighted by atomic mass is 16.2. The van der Waals surface area contributed by atoms with Crippen molar-refractivity contribution < 1.29 is 9.59 Å². The fourth-order valence-electron chi connectivity index (χ4n) is 3.76. The van der Waals surface area contributed by atoms with E-state index in [-0.39, 0.29) is 23.8 Å². The van der Waals surface area contributed by atoms with Crippen molar-refractivity contribution in [2.75, 3.05) is 13.1 Å². The molecule has 0 aromatic carbocycles. The highest BCUT2D eigenvalue weighted by Crippen LogP contribution is 2.31. The van der Waals surface area contributed by atoms with Crippen LogP contribution in [0.5, 0.6) is 0 Å². The van der Waals surface area contributed by atoms with Gasteiger partial charge in [0.05, 0.1) is 0 Å². The van der Waals surface area contributed by atoms with Crippen LogP contribution in [0.15, 0.2) is 0 Å². The van der Waals surface area contributed by atoms with Crippen molar-refractivity contribution in [2.24, 2.45) is 29.2 Å². The zero-order valence-electron chi connectivity index (χ0n) is 12.4. The maximum Gasteiger partial charge on any atom is 0.225 e. The third kappa shape index (κ3) is 3.95. The molecule has 1 aliphatic carbocycles. The second-order valence-corrected chi connectivity index (χ2v) is 6.71. The Labute approximate surface area is 121 Å². The average Bonchev–Trinajstić information content (AvgIpc) is 2.37. The molecule has 2 fully saturated rings. The van der Waals surface area contributed by atoms with Crippen molar-refractivity contribution in [3.63, 3.8) is 0 Å². The largest absolute Gasteiger partial charge is 0.370 e. The van der Waals surface area contributed by atoms with Gasteiger partial charge in [-0.15, -0.1) is 0 Å². The number of rotatable bonds is 3. The van der Waals surface area contributed by atoms with Crippen LogP contribution in [0.1, 0.15) is 45.4 Å². The molecule has 5 heteroatoms. The second-order valence-electron chi connectivity index (χ2n) is 6.71. The van der Waals surface area contributed by atoms with E-state index in [0.717, 1.165) is 45.2 Å². The molecule has 2 amide bonds. The van der Waals surface area contributed by atoms with Crippen molar-refractivity contribution in [1.82, 2.24) is 4.90 Å². The number of carbonyl (C=O) groups is 2. The fourth-order valence-corrected chi connectivity index (χ4v) is 3.76. The molecule has 1 saturated carbocycles. The molecule has 1 saturated heterocycles. The third-order valence-corrected chi connectivity index (χ3v) is 4.74. The molecule has 0 aromatic rings. The molecule has 3 atom stereocenters. The predicted molar refractivity (Wildman–Crippen MR) is 77.6 cm³/mol. The quantitative estimate of drug-likeness (QED) is 0.804. The summed E-state index contributed by atoms with van der Waals surface area (Å²) in [5.41, 5.74) is 11.3. The predicted octanol–water partition coefficient (Wildman–Crippen LogP) is 0.864. The van der Waals surface area contributed by atoms with E-state index in [2.05, 4.69) is 6.92 Å². The number of amides is 2. The maximum absolute atomic E-state index is 12.6. The number of nitrogens with zero attached hydrogens (tertiary/aromatic N) is 1. The molecule has 0 spiro atoms. The lowest BCUT2D eigenvalue weighted by molar-refractivity contribution is -0.138. The van der Waals surface area contributed by atoms with Gasteiger partial charge in [0.25, 0.3) is 0 Å². The summed E-state index contributed by atoms with van der Waals surface area (Å²) >= 11 is 0. The lowest BCUT2D eigenvalue weighted by atomic mass is 9.79. The van der Waals surface area contributed by atoms with Crippen LogP contribution in [0.4, 0.5) is 0 Å². The average molecular weight is 281 g/mol. The van der Waals surface area contributed by atoms with E-state index in [0.29, 0.717) is 18.3 Å². The van der Waals surface area contributed by atoms with Gasteiger partial charge in [-0.2, -0.15) is 0 Å². The van der Waals surface area contributed by atoms with Gasteiger partial charge in [0.15, 0.2) is 0 Å². The molecule has 0 radical (unpaired) electrons. The normalized spacial score (nSPS) is 32.1. The Balaban J connectivity index is 1.83. The molecule has 1 heterocycles. The first-order chi connectivity index (χ1) is 9.45. The Hall–Kier alpha value is -1.10. The van der Waals surface area contributed by atoms with Gasteiger partial charge < -0.3 is 16.4 Å². The second kappa shape index (κ2) is 6.57. The minimum absolute atomic E-state index is 0.0986. The highest BCUT2D eigenvalue weighted by molar-refractivity contribution is 5.79. The van der Waals surface area contributed by atoms with Crippen molar-refractivity contribution in [1.29, 1.82) is 0 Å². The van der Waals surface area contributed by atoms with Crippen LogP contribution in [0.2, 0.25) is 0 Å². The van der Waals surface area contributed by atoms with Gasteiger partial charge in [-0.3, -0.25) is 9.59 Å². The van der Waals surface area contributed by atoms with Crippen LogP contribution < -0.4 is 11.5 Å². The highest BCUT2D eigenvalue weighted by Gasteiger charge is 2.33. The smallest absolute Gasteiger partial charge is 0.225 e. The van der Waals surface area contributed by atoms with Gasteiger partial charge in [0.2, 0.25) is 11.8 Å². The van der Waals surface area contributed by atoms with Crippen molar-refractivity contribution in [3.8, 4) is 0 Å². The summed E-state index contributed by atoms with van der Waals surface area (Å²) in [5.74, 6) is 1.03. The molecule has 4 N–H and O–H groups in total. The SMILES string of the molecule is CC1CC(N)CC(C(=O)N2CCC(CC(N)=O)CC2)C1. The Morgan fingerprint density at radius 3 is 2.35 bits per heavy atom. The lowest BCUT2D eigenvalue weighted by Crippen LogP contribution is -2.45. The van der Waals surface area contributed by atoms with Gasteiger partial charge in [-0.05, 0) is 43.9 Å². The Bertz CT molecular complexity index is 354. The lowest BCUT2D eigenvalue weighted by Gasteiger charge is -2.37. The van der Waals surface area contributed by atoms with E-state index >= 15 is 0 Å². The van der Waals surface area contributed by atoms with Gasteiger partial charge in [0, 0.05) is 31.5 Å². The zero-order chi connectivity index (χ0) is 14.7. The van der Waals surface area contributed by atoms with E-state index in [1.54, 1.807) is 0 Å². The van der Waals surface area contributed by atoms with Gasteiger partial charge in [-0.25, -0.2) is 0 Å². The maximum atomic E-state index is 12.6. The molecule has 20 heavy (non-hydrogen) atoms. The summed E-state index contributed by atoms with van der Waals surface area (Å²) in [5, 5.41) is 0. The topological polar surface area (TPSA) is 89.4 Å². The van der Waals surface area contributed by atoms with Crippen LogP contribution in [0.25, 0.3) is 0 Å². The van der Waals surface area contributed by atoms with Gasteiger partial charge >= 0.3 is 0 Å². The van der Waals surface area contributed by atoms with Crippen molar-refractivity contribution >= 4 is 11.8 Å². The van der Waals surface area contributed by atoms with Crippen molar-refractivity contribution in [2.45, 2.75) is 51.5 Å². The zero-order valence-corrected chi connectivity index (χ0v) is 12.4. The molecule has 2 rings (SSSR count). The summed E-state index contributed by atoms with van der Waals surface area (Å²) < 4.78 is 0. The monoisotopic (exact) mass is 281 g/mol. The van der Waals surface area contributed by atoms with Crippen LogP contribution in [-0.4, -0.2) is 35.8 Å². The standard InChI is InChI=1S/C15H27N3O2/c1-10-6-12(9-13(16)7-10)15(20)18-4-2-11(3-5-18)8-14(17)19/h10-13H,2-9,16H2,1H3,(H2,17,19). The number of hydrogen-bond acceptors (Lipinski definition) is 3. The Kier molecular flexibility index (Phi) is 5.02. The van der Waals surface area contributed by atoms with E-state index in [1.165, 1.54) is 0 Å². The van der Waals surface area contributed by atoms with Gasteiger partial charge in [-0.1, -0.05) is 6.92 Å². The first-order valence-corrected chi connectivity index (χ1v) is 7.78. The number of piperidine rings is 1. The molecule has 3 unspecified atom stereocenters. The van der Waals surface area contributed by atoms with E-state index in [4.69, 9.17) is 11.5 Å². The number of nitrogens with two attached hydrogens (primary N) is 2. The Morgan fingerprint density at radius 1 is 1.15 bits per heavy atom. The minimum Gasteiger partial charge on any atom is -0.370 e. The molecule has 2 aliphatic rings. The molecular weight excluding hydrogens is 254 g/mol. The number of likely N-dealkylation sites (tertiary alicyclic amines) is 1. The minimum atomic E-state index is -0.234. The van der Waals surface area contributed by atoms with Crippen molar-refractivity contribution in [3.05, 3.63) is 0 Å². The molecule has 0 aromatic heterocycles. The molecular formula is C15H27N3O2. The summed E-state index contributed by atoms with van der Waals surface area (Å²) in [6.07, 6.45) is 5.06. The summed E-state index contributed by atoms with van der Waals surface area (Å²) in [4.78, 5) is 25.4. The summed E-state index contributed by atoms with van der Waals surface area (Å²) in [7, 11) is 0. The van der Waals surface area contributed by atoms with E-state index in [1.807, 2.05) is 4.90 Å². The third-order valence-electron chi connectivity index (χ3n) is 4.74. The molecule has 1 aliphatic heterocycles. The fraction of sp³-hybridized carbons (Fsp3) is 0.867. The summed E-state index contributed by atoms with van der Waals surface area (Å²) in [6, 6.07) is 0.167. The first-order valence-electron chi connectivity index (χ1n) is 7.78. The van der Waals surface area contributed by atoms with Crippen LogP contribution >= 0.6 is 0 Å². The number of hydrogen-bond donors (Lipinski definition) is 2. The van der Waals surface area contributed by atoms with Crippen LogP contribution in [0, 0.1) is 17.8 Å². The van der Waals surface area contributed by atoms with Gasteiger partial charge in [0.1, 0.15) is 0 Å². The Morgan fingerprint density at radius 2 is 1.80 bits per heavy atom. The molecule has 114 valence electrons. The summed E-state index contributed by atoms with van der Waals surface area (Å²) in [6.45, 7) is 3.70. The van der Waals surface area contributed by atoms with E-state index < -0.39 is 0 Å². The molecule has 0 bridgehead atoms. The van der Waals surface area contributed by atoms with E-state index in [9.17, 15) is 9.59 Å². The first kappa shape index (κ1) is 15.3. The molecule has 5 nitrogen and oxygen atoms in total. The number of primary amides is 1. The van der Waals surface area contributed by atoms with Crippen LogP contribution in [0.3, 0.4) is 0 Å². The van der Waals surface area contributed by atoms with Crippen LogP contribution in [-0.2, 0) is 9.59 Å².